The maximum absolute atomic E-state index is 13.2. The van der Waals surface area contributed by atoms with E-state index in [-0.39, 0.29) is 30.2 Å². The van der Waals surface area contributed by atoms with E-state index in [0.717, 1.165) is 22.3 Å². The molecule has 34 heavy (non-hydrogen) atoms. The molecule has 0 aliphatic heterocycles. The van der Waals surface area contributed by atoms with Crippen molar-refractivity contribution in [3.63, 3.8) is 0 Å². The fraction of sp³-hybridized carbons (Fsp3) is 0.240. The van der Waals surface area contributed by atoms with Crippen LogP contribution in [0, 0.1) is 6.92 Å². The largest absolute Gasteiger partial charge is 0.435 e. The summed E-state index contributed by atoms with van der Waals surface area (Å²) in [7, 11) is 1.66. The van der Waals surface area contributed by atoms with Gasteiger partial charge in [0.05, 0.1) is 11.7 Å². The van der Waals surface area contributed by atoms with Crippen molar-refractivity contribution in [3.8, 4) is 16.9 Å². The van der Waals surface area contributed by atoms with Gasteiger partial charge in [-0.25, -0.2) is 4.98 Å². The number of nitrogens with zero attached hydrogens (tertiary/aromatic N) is 3. The fourth-order valence-corrected chi connectivity index (χ4v) is 4.52. The number of halogens is 2. The second kappa shape index (κ2) is 10.1. The van der Waals surface area contributed by atoms with Gasteiger partial charge in [0.15, 0.2) is 0 Å². The van der Waals surface area contributed by atoms with Crippen molar-refractivity contribution < 1.29 is 18.3 Å². The lowest BCUT2D eigenvalue weighted by Crippen LogP contribution is -2.29. The van der Waals surface area contributed by atoms with Gasteiger partial charge in [0.25, 0.3) is 5.56 Å². The molecule has 2 aromatic heterocycles. The van der Waals surface area contributed by atoms with Crippen LogP contribution in [0.4, 0.5) is 8.78 Å². The molecular formula is C25H23F2N3O3S. The van der Waals surface area contributed by atoms with Crippen molar-refractivity contribution in [2.75, 3.05) is 7.05 Å². The Morgan fingerprint density at radius 1 is 1.15 bits per heavy atom. The molecule has 0 N–H and O–H groups in total. The highest BCUT2D eigenvalue weighted by molar-refractivity contribution is 7.17. The van der Waals surface area contributed by atoms with Gasteiger partial charge < -0.3 is 9.64 Å². The zero-order valence-electron chi connectivity index (χ0n) is 18.7. The van der Waals surface area contributed by atoms with Gasteiger partial charge in [-0.15, -0.1) is 11.3 Å². The molecule has 4 rings (SSSR count). The first kappa shape index (κ1) is 23.6. The van der Waals surface area contributed by atoms with Crippen LogP contribution >= 0.6 is 11.3 Å². The maximum atomic E-state index is 13.2. The number of aryl methyl sites for hydroxylation is 2. The molecule has 2 aromatic carbocycles. The molecule has 0 radical (unpaired) electrons. The number of carbonyl (C=O) groups excluding carboxylic acids is 1. The molecule has 4 aromatic rings. The Bertz CT molecular complexity index is 1350. The van der Waals surface area contributed by atoms with Gasteiger partial charge >= 0.3 is 6.61 Å². The Kier molecular flexibility index (Phi) is 7.02. The van der Waals surface area contributed by atoms with Crippen LogP contribution in [0.15, 0.2) is 65.0 Å². The van der Waals surface area contributed by atoms with Gasteiger partial charge in [-0.2, -0.15) is 8.78 Å². The van der Waals surface area contributed by atoms with Crippen LogP contribution in [0.3, 0.4) is 0 Å². The van der Waals surface area contributed by atoms with Crippen LogP contribution in [0.2, 0.25) is 0 Å². The molecule has 0 saturated carbocycles. The van der Waals surface area contributed by atoms with Crippen molar-refractivity contribution in [2.24, 2.45) is 0 Å². The Morgan fingerprint density at radius 2 is 1.85 bits per heavy atom. The topological polar surface area (TPSA) is 64.4 Å². The summed E-state index contributed by atoms with van der Waals surface area (Å²) in [5.74, 6) is -0.0857. The number of benzene rings is 2. The maximum Gasteiger partial charge on any atom is 0.387 e. The first-order valence-electron chi connectivity index (χ1n) is 10.6. The molecule has 176 valence electrons. The van der Waals surface area contributed by atoms with Gasteiger partial charge in [-0.1, -0.05) is 42.0 Å². The van der Waals surface area contributed by atoms with E-state index >= 15 is 0 Å². The third-order valence-corrected chi connectivity index (χ3v) is 6.37. The van der Waals surface area contributed by atoms with Crippen molar-refractivity contribution >= 4 is 27.5 Å². The average molecular weight is 484 g/mol. The summed E-state index contributed by atoms with van der Waals surface area (Å²) >= 11 is 1.42. The summed E-state index contributed by atoms with van der Waals surface area (Å²) < 4.78 is 30.4. The van der Waals surface area contributed by atoms with E-state index in [4.69, 9.17) is 0 Å². The molecule has 0 saturated heterocycles. The Morgan fingerprint density at radius 3 is 2.53 bits per heavy atom. The van der Waals surface area contributed by atoms with Crippen LogP contribution < -0.4 is 10.3 Å². The lowest BCUT2D eigenvalue weighted by molar-refractivity contribution is -0.130. The van der Waals surface area contributed by atoms with E-state index in [0.29, 0.717) is 16.8 Å². The highest BCUT2D eigenvalue weighted by atomic mass is 32.1. The van der Waals surface area contributed by atoms with Crippen LogP contribution in [0.25, 0.3) is 21.3 Å². The second-order valence-electron chi connectivity index (χ2n) is 7.96. The average Bonchev–Trinajstić information content (AvgIpc) is 3.25. The third kappa shape index (κ3) is 5.31. The normalized spacial score (nSPS) is 11.2. The minimum Gasteiger partial charge on any atom is -0.435 e. The molecule has 0 bridgehead atoms. The quantitative estimate of drug-likeness (QED) is 0.351. The number of ether oxygens (including phenoxy) is 1. The molecule has 0 atom stereocenters. The van der Waals surface area contributed by atoms with E-state index in [1.807, 2.05) is 36.6 Å². The number of aromatic nitrogens is 2. The monoisotopic (exact) mass is 483 g/mol. The molecule has 2 heterocycles. The van der Waals surface area contributed by atoms with Crippen molar-refractivity contribution in [2.45, 2.75) is 33.0 Å². The molecule has 9 heteroatoms. The number of amides is 1. The van der Waals surface area contributed by atoms with Gasteiger partial charge in [0, 0.05) is 37.5 Å². The summed E-state index contributed by atoms with van der Waals surface area (Å²) in [6, 6.07) is 14.1. The van der Waals surface area contributed by atoms with E-state index in [2.05, 4.69) is 9.72 Å². The van der Waals surface area contributed by atoms with Gasteiger partial charge in [-0.3, -0.25) is 14.2 Å². The Hall–Kier alpha value is -3.59. The van der Waals surface area contributed by atoms with Crippen LogP contribution in [-0.4, -0.2) is 34.0 Å². The minimum atomic E-state index is -2.88. The second-order valence-corrected chi connectivity index (χ2v) is 8.82. The predicted molar refractivity (Wildman–Crippen MR) is 128 cm³/mol. The van der Waals surface area contributed by atoms with Crippen LogP contribution in [-0.2, 0) is 17.9 Å². The van der Waals surface area contributed by atoms with E-state index in [9.17, 15) is 18.4 Å². The number of carbonyl (C=O) groups is 1. The number of hydrogen-bond donors (Lipinski definition) is 0. The molecule has 0 aliphatic rings. The number of fused-ring (bicyclic) bond motifs is 1. The standard InChI is InChI=1S/C25H23F2N3O3S/c1-16-3-7-18(8-4-16)20-14-34-23-22(20)24(32)30(15-28-23)12-11-21(31)29(2)13-17-5-9-19(10-6-17)33-25(26)27/h3-10,14-15,25H,11-13H2,1-2H3. The van der Waals surface area contributed by atoms with Gasteiger partial charge in [0.1, 0.15) is 10.6 Å². The zero-order chi connectivity index (χ0) is 24.2. The highest BCUT2D eigenvalue weighted by Gasteiger charge is 2.15. The third-order valence-electron chi connectivity index (χ3n) is 5.48. The molecule has 6 nitrogen and oxygen atoms in total. The van der Waals surface area contributed by atoms with Gasteiger partial charge in [-0.05, 0) is 30.2 Å². The molecule has 0 fully saturated rings. The Labute approximate surface area is 199 Å². The smallest absolute Gasteiger partial charge is 0.387 e. The van der Waals surface area contributed by atoms with Crippen LogP contribution in [0.5, 0.6) is 5.75 Å². The first-order valence-corrected chi connectivity index (χ1v) is 11.5. The van der Waals surface area contributed by atoms with Crippen molar-refractivity contribution in [1.82, 2.24) is 14.5 Å². The van der Waals surface area contributed by atoms with Crippen molar-refractivity contribution in [3.05, 3.63) is 81.7 Å². The summed E-state index contributed by atoms with van der Waals surface area (Å²) in [5, 5.41) is 2.49. The van der Waals surface area contributed by atoms with E-state index in [1.165, 1.54) is 39.3 Å². The van der Waals surface area contributed by atoms with Crippen molar-refractivity contribution in [1.29, 1.82) is 0 Å². The molecule has 0 aliphatic carbocycles. The lowest BCUT2D eigenvalue weighted by Gasteiger charge is -2.18. The summed E-state index contributed by atoms with van der Waals surface area (Å²) in [6.45, 7) is -0.360. The lowest BCUT2D eigenvalue weighted by atomic mass is 10.1. The molecule has 0 unspecified atom stereocenters. The van der Waals surface area contributed by atoms with E-state index in [1.54, 1.807) is 19.2 Å². The predicted octanol–water partition coefficient (Wildman–Crippen LogP) is 5.08. The summed E-state index contributed by atoms with van der Waals surface area (Å²) in [5.41, 5.74) is 3.54. The highest BCUT2D eigenvalue weighted by Crippen LogP contribution is 2.30. The van der Waals surface area contributed by atoms with Gasteiger partial charge in [0.2, 0.25) is 5.91 Å². The number of rotatable bonds is 8. The zero-order valence-corrected chi connectivity index (χ0v) is 19.5. The fourth-order valence-electron chi connectivity index (χ4n) is 3.62. The minimum absolute atomic E-state index is 0.0634. The molecule has 1 amide bonds. The SMILES string of the molecule is Cc1ccc(-c2csc3ncn(CCC(=O)N(C)Cc4ccc(OC(F)F)cc4)c(=O)c23)cc1. The first-order chi connectivity index (χ1) is 16.3. The van der Waals surface area contributed by atoms with E-state index < -0.39 is 6.61 Å². The number of alkyl halides is 2. The molecule has 0 spiro atoms. The molecular weight excluding hydrogens is 460 g/mol. The number of thiophene rings is 1. The Balaban J connectivity index is 1.44. The summed E-state index contributed by atoms with van der Waals surface area (Å²) in [4.78, 5) is 32.4. The summed E-state index contributed by atoms with van der Waals surface area (Å²) in [6.07, 6.45) is 1.61. The van der Waals surface area contributed by atoms with Crippen LogP contribution in [0.1, 0.15) is 17.5 Å². The number of hydrogen-bond acceptors (Lipinski definition) is 5.